The standard InChI is InChI=1S/C12H23NO2/c14-10-12(5-1-2-6-12)13-9-11-3-7-15-8-4-11/h11,13-14H,1-10H2. The fourth-order valence-corrected chi connectivity index (χ4v) is 2.75. The first-order valence-corrected chi connectivity index (χ1v) is 6.28. The summed E-state index contributed by atoms with van der Waals surface area (Å²) in [6, 6.07) is 0. The molecule has 3 heteroatoms. The fourth-order valence-electron chi connectivity index (χ4n) is 2.75. The number of hydrogen-bond donors (Lipinski definition) is 2. The van der Waals surface area contributed by atoms with E-state index in [0.717, 1.165) is 38.5 Å². The van der Waals surface area contributed by atoms with E-state index in [0.29, 0.717) is 6.61 Å². The summed E-state index contributed by atoms with van der Waals surface area (Å²) in [5.74, 6) is 0.753. The molecule has 1 saturated carbocycles. The van der Waals surface area contributed by atoms with Crippen LogP contribution in [0.4, 0.5) is 0 Å². The molecule has 2 aliphatic rings. The second-order valence-electron chi connectivity index (χ2n) is 5.08. The molecule has 1 saturated heterocycles. The third kappa shape index (κ3) is 2.92. The van der Waals surface area contributed by atoms with Gasteiger partial charge < -0.3 is 15.2 Å². The molecule has 1 aliphatic carbocycles. The van der Waals surface area contributed by atoms with Gasteiger partial charge in [-0.1, -0.05) is 12.8 Å². The number of ether oxygens (including phenoxy) is 1. The molecule has 15 heavy (non-hydrogen) atoms. The minimum atomic E-state index is 0.0539. The molecular formula is C12H23NO2. The van der Waals surface area contributed by atoms with Crippen molar-refractivity contribution in [3.63, 3.8) is 0 Å². The van der Waals surface area contributed by atoms with Crippen LogP contribution < -0.4 is 5.32 Å². The predicted molar refractivity (Wildman–Crippen MR) is 59.8 cm³/mol. The zero-order chi connectivity index (χ0) is 10.6. The van der Waals surface area contributed by atoms with Gasteiger partial charge in [0.15, 0.2) is 0 Å². The molecule has 0 aromatic heterocycles. The first-order valence-electron chi connectivity index (χ1n) is 6.28. The average Bonchev–Trinajstić information content (AvgIpc) is 2.77. The SMILES string of the molecule is OCC1(NCC2CCOCC2)CCCC1. The van der Waals surface area contributed by atoms with Crippen molar-refractivity contribution in [2.75, 3.05) is 26.4 Å². The average molecular weight is 213 g/mol. The van der Waals surface area contributed by atoms with E-state index in [-0.39, 0.29) is 5.54 Å². The maximum Gasteiger partial charge on any atom is 0.0613 e. The van der Waals surface area contributed by atoms with E-state index in [1.807, 2.05) is 0 Å². The lowest BCUT2D eigenvalue weighted by Crippen LogP contribution is -2.48. The molecular weight excluding hydrogens is 190 g/mol. The van der Waals surface area contributed by atoms with Gasteiger partial charge in [-0.25, -0.2) is 0 Å². The van der Waals surface area contributed by atoms with Crippen molar-refractivity contribution in [1.82, 2.24) is 5.32 Å². The van der Waals surface area contributed by atoms with Crippen LogP contribution in [-0.4, -0.2) is 37.0 Å². The summed E-state index contributed by atoms with van der Waals surface area (Å²) < 4.78 is 5.35. The normalized spacial score (nSPS) is 27.0. The number of hydrogen-bond acceptors (Lipinski definition) is 3. The number of nitrogens with one attached hydrogen (secondary N) is 1. The van der Waals surface area contributed by atoms with E-state index in [1.54, 1.807) is 0 Å². The molecule has 1 aliphatic heterocycles. The lowest BCUT2D eigenvalue weighted by atomic mass is 9.95. The van der Waals surface area contributed by atoms with E-state index in [4.69, 9.17) is 4.74 Å². The molecule has 0 aromatic carbocycles. The zero-order valence-corrected chi connectivity index (χ0v) is 9.50. The third-order valence-electron chi connectivity index (χ3n) is 3.97. The Morgan fingerprint density at radius 3 is 2.47 bits per heavy atom. The first kappa shape index (κ1) is 11.4. The molecule has 1 heterocycles. The summed E-state index contributed by atoms with van der Waals surface area (Å²) in [5.41, 5.74) is 0.0539. The van der Waals surface area contributed by atoms with Gasteiger partial charge in [-0.05, 0) is 38.1 Å². The molecule has 2 fully saturated rings. The summed E-state index contributed by atoms with van der Waals surface area (Å²) in [4.78, 5) is 0. The van der Waals surface area contributed by atoms with Crippen molar-refractivity contribution in [3.8, 4) is 0 Å². The van der Waals surface area contributed by atoms with Crippen LogP contribution in [0.1, 0.15) is 38.5 Å². The highest BCUT2D eigenvalue weighted by Crippen LogP contribution is 2.29. The number of aliphatic hydroxyl groups is 1. The second-order valence-corrected chi connectivity index (χ2v) is 5.08. The maximum absolute atomic E-state index is 9.46. The largest absolute Gasteiger partial charge is 0.394 e. The Hall–Kier alpha value is -0.120. The lowest BCUT2D eigenvalue weighted by molar-refractivity contribution is 0.0604. The Labute approximate surface area is 92.2 Å². The zero-order valence-electron chi connectivity index (χ0n) is 9.50. The van der Waals surface area contributed by atoms with Gasteiger partial charge in [0, 0.05) is 18.8 Å². The van der Waals surface area contributed by atoms with Crippen LogP contribution in [-0.2, 0) is 4.74 Å². The third-order valence-corrected chi connectivity index (χ3v) is 3.97. The summed E-state index contributed by atoms with van der Waals surface area (Å²) >= 11 is 0. The lowest BCUT2D eigenvalue weighted by Gasteiger charge is -2.31. The number of rotatable bonds is 4. The van der Waals surface area contributed by atoms with Crippen LogP contribution in [0.15, 0.2) is 0 Å². The molecule has 0 radical (unpaired) electrons. The van der Waals surface area contributed by atoms with Crippen molar-refractivity contribution >= 4 is 0 Å². The van der Waals surface area contributed by atoms with Crippen molar-refractivity contribution in [3.05, 3.63) is 0 Å². The monoisotopic (exact) mass is 213 g/mol. The van der Waals surface area contributed by atoms with Crippen LogP contribution in [0.25, 0.3) is 0 Å². The predicted octanol–water partition coefficient (Wildman–Crippen LogP) is 1.31. The maximum atomic E-state index is 9.46. The fraction of sp³-hybridized carbons (Fsp3) is 1.00. The Morgan fingerprint density at radius 1 is 1.20 bits per heavy atom. The molecule has 0 bridgehead atoms. The highest BCUT2D eigenvalue weighted by Gasteiger charge is 2.33. The van der Waals surface area contributed by atoms with Crippen LogP contribution in [0.3, 0.4) is 0 Å². The van der Waals surface area contributed by atoms with E-state index in [1.165, 1.54) is 25.7 Å². The van der Waals surface area contributed by atoms with E-state index in [2.05, 4.69) is 5.32 Å². The molecule has 88 valence electrons. The smallest absolute Gasteiger partial charge is 0.0613 e. The van der Waals surface area contributed by atoms with Gasteiger partial charge in [0.1, 0.15) is 0 Å². The molecule has 2 rings (SSSR count). The minimum absolute atomic E-state index is 0.0539. The highest BCUT2D eigenvalue weighted by molar-refractivity contribution is 4.92. The van der Waals surface area contributed by atoms with Gasteiger partial charge >= 0.3 is 0 Å². The Morgan fingerprint density at radius 2 is 1.87 bits per heavy atom. The first-order chi connectivity index (χ1) is 7.35. The molecule has 0 atom stereocenters. The van der Waals surface area contributed by atoms with Crippen molar-refractivity contribution < 1.29 is 9.84 Å². The Bertz CT molecular complexity index is 184. The van der Waals surface area contributed by atoms with Crippen molar-refractivity contribution in [2.45, 2.75) is 44.1 Å². The molecule has 0 unspecified atom stereocenters. The molecule has 0 spiro atoms. The summed E-state index contributed by atoms with van der Waals surface area (Å²) in [7, 11) is 0. The van der Waals surface area contributed by atoms with Crippen molar-refractivity contribution in [2.24, 2.45) is 5.92 Å². The van der Waals surface area contributed by atoms with E-state index < -0.39 is 0 Å². The minimum Gasteiger partial charge on any atom is -0.394 e. The highest BCUT2D eigenvalue weighted by atomic mass is 16.5. The van der Waals surface area contributed by atoms with E-state index >= 15 is 0 Å². The van der Waals surface area contributed by atoms with Crippen LogP contribution in [0.5, 0.6) is 0 Å². The molecule has 3 nitrogen and oxygen atoms in total. The summed E-state index contributed by atoms with van der Waals surface area (Å²) in [6.07, 6.45) is 7.17. The summed E-state index contributed by atoms with van der Waals surface area (Å²) in [6.45, 7) is 3.19. The van der Waals surface area contributed by atoms with Gasteiger partial charge in [-0.15, -0.1) is 0 Å². The summed E-state index contributed by atoms with van der Waals surface area (Å²) in [5, 5.41) is 13.1. The molecule has 0 amide bonds. The number of aliphatic hydroxyl groups excluding tert-OH is 1. The molecule has 0 aromatic rings. The van der Waals surface area contributed by atoms with Gasteiger partial charge in [-0.2, -0.15) is 0 Å². The quantitative estimate of drug-likeness (QED) is 0.740. The van der Waals surface area contributed by atoms with E-state index in [9.17, 15) is 5.11 Å². The van der Waals surface area contributed by atoms with Gasteiger partial charge in [0.05, 0.1) is 6.61 Å². The molecule has 2 N–H and O–H groups in total. The second kappa shape index (κ2) is 5.28. The van der Waals surface area contributed by atoms with Gasteiger partial charge in [-0.3, -0.25) is 0 Å². The Balaban J connectivity index is 1.75. The van der Waals surface area contributed by atoms with Crippen molar-refractivity contribution in [1.29, 1.82) is 0 Å². The van der Waals surface area contributed by atoms with Gasteiger partial charge in [0.2, 0.25) is 0 Å². The van der Waals surface area contributed by atoms with Crippen LogP contribution in [0.2, 0.25) is 0 Å². The van der Waals surface area contributed by atoms with Crippen LogP contribution >= 0.6 is 0 Å². The van der Waals surface area contributed by atoms with Crippen LogP contribution in [0, 0.1) is 5.92 Å². The topological polar surface area (TPSA) is 41.5 Å². The van der Waals surface area contributed by atoms with Gasteiger partial charge in [0.25, 0.3) is 0 Å². The Kier molecular flexibility index (Phi) is 4.00.